The average molecular weight is 1750 g/mol. The van der Waals surface area contributed by atoms with Gasteiger partial charge in [-0.05, 0) is 162 Å². The Morgan fingerprint density at radius 2 is 1.43 bits per heavy atom. The Bertz CT molecular complexity index is 5080. The predicted molar refractivity (Wildman–Crippen MR) is 473 cm³/mol. The van der Waals surface area contributed by atoms with E-state index < -0.39 is 54.0 Å². The minimum Gasteiger partial charge on any atom is -0.460 e. The lowest BCUT2D eigenvalue weighted by Crippen LogP contribution is -2.54. The van der Waals surface area contributed by atoms with Crippen LogP contribution >= 0.6 is 0 Å². The van der Waals surface area contributed by atoms with Crippen LogP contribution < -0.4 is 31.9 Å². The molecule has 0 spiro atoms. The number of ether oxygens (including phenoxy) is 7. The zero-order chi connectivity index (χ0) is 89.5. The van der Waals surface area contributed by atoms with E-state index in [0.717, 1.165) is 35.1 Å². The van der Waals surface area contributed by atoms with E-state index in [9.17, 15) is 43.5 Å². The molecule has 7 aromatic rings. The standard InChI is InChI=1S/C93H121N17O17/c1-58-13-8-7-9-14-59(2)80(120-6)48-71-15-12-17-79(124-71)84(115)88(117)109-31-11-10-16-74(109)89(118)125-72(47-75(111)61(4)44-62(5)77(113)49-76(112)60(3)43-58)26-21-63-19-24-70(25-20-63)126-93(119)101-52-65-50-97-91(98-51-65)106-33-35-107(36-34-106)92-99-53-69(54-100-92)87(116)96-30-38-122-40-42-123-41-39-121-37-29-81(114)108-32-28-66-45-64(18-22-68(66)56-108)55-110-86-82(85(94)102-57-103-86)83(105-110)67-23-27-78-73(46-67)104-90(95)127-78/h7-9,13-14,18,22-23,27,44-46,50-51,53-54,57-58,60-61,63,70-72,74,77,79-80,113H,10-12,15-17,19-21,24-26,28-43,47-49,52,55-56H2,1-6H3,(H2,95,104)(H,96,116)(H,101,119)(H2,94,102,103)/b9-7?,13-8+,59-14?,62-44+/t58-,60-,61-,63?,70?,71?,72-,74+,77+,79?,80+/m1/s1. The number of alkyl carbamates (subject to hydrolysis) is 1. The molecule has 13 rings (SSSR count). The van der Waals surface area contributed by atoms with Crippen molar-refractivity contribution < 1.29 is 81.0 Å². The van der Waals surface area contributed by atoms with E-state index in [1.165, 1.54) is 29.2 Å². The van der Waals surface area contributed by atoms with E-state index in [4.69, 9.17) is 54.1 Å². The first-order valence-electron chi connectivity index (χ1n) is 44.7. The van der Waals surface area contributed by atoms with Crippen molar-refractivity contribution in [2.75, 3.05) is 114 Å². The number of esters is 1. The van der Waals surface area contributed by atoms with E-state index in [-0.39, 0.29) is 124 Å². The summed E-state index contributed by atoms with van der Waals surface area (Å²) in [4.78, 5) is 148. The largest absolute Gasteiger partial charge is 0.460 e. The highest BCUT2D eigenvalue weighted by Crippen LogP contribution is 2.36. The van der Waals surface area contributed by atoms with Gasteiger partial charge in [0.05, 0.1) is 81.9 Å². The van der Waals surface area contributed by atoms with Gasteiger partial charge in [0.2, 0.25) is 23.6 Å². The first kappa shape index (κ1) is 93.3. The molecule has 4 amide bonds. The number of carbonyl (C=O) groups is 8. The third kappa shape index (κ3) is 25.8. The van der Waals surface area contributed by atoms with Gasteiger partial charge >= 0.3 is 12.1 Å². The van der Waals surface area contributed by atoms with E-state index in [0.29, 0.717) is 212 Å². The SMILES string of the molecule is CO[C@H]1CC2CCCC(O2)C(=O)C(=O)N2CCCC[C@H]2C(=O)O[C@H](CCC2CCC(OC(=O)NCc3cnc(N4CCN(c5ncc(C(=O)NCCOCCOCCOCCC(=O)N6CCc7cc(Cn8nc(-c9ccc%10oc(N)nc%10c9)c9c(N)ncnc98)ccc7C6)cn5)CC4)nc3)CC2)CC(=O)[C@H](C)/C=C(\C)[C@@H](O)CC(=O)[C@H](C)C[C@H](C)/C=C/C=CC=C1C. The summed E-state index contributed by atoms with van der Waals surface area (Å²) in [5, 5.41) is 22.5. The highest BCUT2D eigenvalue weighted by atomic mass is 16.6. The topological polar surface area (TPSA) is 432 Å². The van der Waals surface area contributed by atoms with Crippen LogP contribution in [0.4, 0.5) is 28.5 Å². The maximum atomic E-state index is 14.5. The van der Waals surface area contributed by atoms with Crippen molar-refractivity contribution in [2.24, 2.45) is 23.7 Å². The van der Waals surface area contributed by atoms with E-state index in [1.807, 2.05) is 83.8 Å². The van der Waals surface area contributed by atoms with Crippen molar-refractivity contribution in [1.82, 2.24) is 65.1 Å². The second-order valence-electron chi connectivity index (χ2n) is 34.2. The number of nitrogens with zero attached hydrogens (tertiary/aromatic N) is 13. The number of Topliss-reactive ketones (excluding diaryl/α,β-unsaturated/α-hetero) is 3. The van der Waals surface area contributed by atoms with Crippen LogP contribution in [0.3, 0.4) is 0 Å². The van der Waals surface area contributed by atoms with Gasteiger partial charge < -0.3 is 84.4 Å². The highest BCUT2D eigenvalue weighted by molar-refractivity contribution is 6.38. The molecule has 7 N–H and O–H groups in total. The lowest BCUT2D eigenvalue weighted by molar-refractivity contribution is -0.167. The smallest absolute Gasteiger partial charge is 0.407 e. The van der Waals surface area contributed by atoms with Crippen molar-refractivity contribution in [2.45, 2.75) is 212 Å². The third-order valence-electron chi connectivity index (χ3n) is 24.9. The number of aliphatic hydroxyl groups is 1. The van der Waals surface area contributed by atoms with Crippen LogP contribution in [0.5, 0.6) is 0 Å². The number of anilines is 4. The zero-order valence-corrected chi connectivity index (χ0v) is 73.7. The summed E-state index contributed by atoms with van der Waals surface area (Å²) in [6, 6.07) is 10.9. The van der Waals surface area contributed by atoms with Gasteiger partial charge in [0.15, 0.2) is 11.2 Å². The summed E-state index contributed by atoms with van der Waals surface area (Å²) >= 11 is 0. The van der Waals surface area contributed by atoms with E-state index >= 15 is 0 Å². The molecular weight excluding hydrogens is 1630 g/mol. The number of piperazine rings is 1. The molecule has 5 aromatic heterocycles. The molecule has 680 valence electrons. The Morgan fingerprint density at radius 1 is 0.693 bits per heavy atom. The zero-order valence-electron chi connectivity index (χ0n) is 73.7. The number of nitrogens with one attached hydrogen (secondary N) is 2. The molecule has 127 heavy (non-hydrogen) atoms. The van der Waals surface area contributed by atoms with Gasteiger partial charge in [0, 0.05) is 133 Å². The number of cyclic esters (lactones) is 1. The lowest BCUT2D eigenvalue weighted by Gasteiger charge is -2.36. The molecule has 2 bridgehead atoms. The van der Waals surface area contributed by atoms with Crippen molar-refractivity contribution in [3.05, 3.63) is 143 Å². The number of rotatable bonds is 25. The average Bonchev–Trinajstić information content (AvgIpc) is 1.61. The molecule has 10 heterocycles. The molecule has 5 aliphatic heterocycles. The second-order valence-corrected chi connectivity index (χ2v) is 34.2. The van der Waals surface area contributed by atoms with Crippen molar-refractivity contribution in [3.63, 3.8) is 0 Å². The van der Waals surface area contributed by atoms with Gasteiger partial charge in [-0.1, -0.05) is 75.4 Å². The summed E-state index contributed by atoms with van der Waals surface area (Å²) in [6.45, 7) is 15.7. The maximum absolute atomic E-state index is 14.5. The van der Waals surface area contributed by atoms with Crippen LogP contribution in [0.2, 0.25) is 0 Å². The number of fused-ring (bicyclic) bond motifs is 6. The van der Waals surface area contributed by atoms with Crippen molar-refractivity contribution in [3.8, 4) is 11.3 Å². The number of nitrogen functional groups attached to an aromatic ring is 2. The second kappa shape index (κ2) is 45.4. The Hall–Kier alpha value is -11.3. The third-order valence-corrected chi connectivity index (χ3v) is 24.9. The first-order valence-corrected chi connectivity index (χ1v) is 44.7. The molecule has 0 radical (unpaired) electrons. The van der Waals surface area contributed by atoms with Gasteiger partial charge in [-0.15, -0.1) is 0 Å². The number of carbonyl (C=O) groups excluding carboxylic acids is 8. The van der Waals surface area contributed by atoms with Crippen LogP contribution in [-0.4, -0.2) is 242 Å². The maximum Gasteiger partial charge on any atom is 0.407 e. The quantitative estimate of drug-likeness (QED) is 0.0154. The Kier molecular flexibility index (Phi) is 33.4. The number of ketones is 3. The van der Waals surface area contributed by atoms with Crippen LogP contribution in [0.15, 0.2) is 120 Å². The predicted octanol–water partition coefficient (Wildman–Crippen LogP) is 9.87. The number of piperidine rings is 1. The molecule has 3 saturated heterocycles. The monoisotopic (exact) mass is 1750 g/mol. The summed E-state index contributed by atoms with van der Waals surface area (Å²) in [5.41, 5.74) is 21.1. The van der Waals surface area contributed by atoms with Gasteiger partial charge in [0.1, 0.15) is 59.3 Å². The molecule has 34 heteroatoms. The van der Waals surface area contributed by atoms with Crippen molar-refractivity contribution >= 4 is 93.0 Å². The van der Waals surface area contributed by atoms with Gasteiger partial charge in [-0.25, -0.2) is 44.2 Å². The normalized spacial score (nSPS) is 24.3. The molecule has 1 saturated carbocycles. The molecule has 2 aromatic carbocycles. The van der Waals surface area contributed by atoms with E-state index in [2.05, 4.69) is 62.6 Å². The number of aliphatic hydroxyl groups excluding tert-OH is 1. The molecule has 2 unspecified atom stereocenters. The molecule has 9 atom stereocenters. The number of hydrogen-bond donors (Lipinski definition) is 5. The molecule has 34 nitrogen and oxygen atoms in total. The number of methoxy groups -OCH3 is 1. The number of oxazole rings is 1. The summed E-state index contributed by atoms with van der Waals surface area (Å²) in [5.74, 6) is -2.17. The fourth-order valence-corrected chi connectivity index (χ4v) is 17.4. The summed E-state index contributed by atoms with van der Waals surface area (Å²) in [6.07, 6.45) is 23.4. The van der Waals surface area contributed by atoms with Crippen LogP contribution in [0.1, 0.15) is 176 Å². The summed E-state index contributed by atoms with van der Waals surface area (Å²) < 4.78 is 48.8. The first-order chi connectivity index (χ1) is 61.5. The van der Waals surface area contributed by atoms with E-state index in [1.54, 1.807) is 45.5 Å². The molecular formula is C93H121N17O17. The highest BCUT2D eigenvalue weighted by Gasteiger charge is 2.42. The minimum absolute atomic E-state index is 0.0244. The Balaban J connectivity index is 0.482. The van der Waals surface area contributed by atoms with Crippen LogP contribution in [0, 0.1) is 23.7 Å². The number of amides is 4. The lowest BCUT2D eigenvalue weighted by atomic mass is 9.83. The number of allylic oxidation sites excluding steroid dienone is 6. The molecule has 4 fully saturated rings. The van der Waals surface area contributed by atoms with Crippen LogP contribution in [-0.2, 0) is 88.0 Å². The molecule has 1 aliphatic carbocycles. The Labute approximate surface area is 739 Å². The number of hydrogen-bond acceptors (Lipinski definition) is 29. The number of benzene rings is 2. The fourth-order valence-electron chi connectivity index (χ4n) is 17.4. The number of aromatic nitrogens is 9. The van der Waals surface area contributed by atoms with Gasteiger partial charge in [-0.2, -0.15) is 10.1 Å². The van der Waals surface area contributed by atoms with Crippen LogP contribution in [0.25, 0.3) is 33.4 Å². The fraction of sp³-hybridized carbons (Fsp3) is 0.548. The van der Waals surface area contributed by atoms with Crippen molar-refractivity contribution in [1.29, 1.82) is 0 Å². The number of nitrogens with two attached hydrogens (primary N) is 2. The summed E-state index contributed by atoms with van der Waals surface area (Å²) in [7, 11) is 1.63. The molecule has 6 aliphatic rings. The van der Waals surface area contributed by atoms with Gasteiger partial charge in [0.25, 0.3) is 17.8 Å². The van der Waals surface area contributed by atoms with Gasteiger partial charge in [-0.3, -0.25) is 28.8 Å². The minimum atomic E-state index is -1.09. The Morgan fingerprint density at radius 3 is 2.17 bits per heavy atom.